The third-order valence-electron chi connectivity index (χ3n) is 7.56. The van der Waals surface area contributed by atoms with Gasteiger partial charge in [-0.3, -0.25) is 4.79 Å². The number of hydrogen-bond acceptors (Lipinski definition) is 6. The molecule has 1 aromatic carbocycles. The van der Waals surface area contributed by atoms with E-state index in [1.165, 1.54) is 4.90 Å². The zero-order valence-electron chi connectivity index (χ0n) is 20.6. The molecule has 0 radical (unpaired) electrons. The van der Waals surface area contributed by atoms with Gasteiger partial charge in [-0.05, 0) is 48.3 Å². The minimum Gasteiger partial charge on any atom is -0.497 e. The van der Waals surface area contributed by atoms with Crippen LogP contribution in [0.3, 0.4) is 0 Å². The van der Waals surface area contributed by atoms with Crippen molar-refractivity contribution in [2.45, 2.75) is 71.5 Å². The molecule has 1 amide bonds. The van der Waals surface area contributed by atoms with Gasteiger partial charge in [-0.15, -0.1) is 0 Å². The van der Waals surface area contributed by atoms with E-state index in [-0.39, 0.29) is 48.8 Å². The summed E-state index contributed by atoms with van der Waals surface area (Å²) in [5, 5.41) is 10.0. The molecule has 0 aliphatic carbocycles. The van der Waals surface area contributed by atoms with Crippen molar-refractivity contribution in [3.05, 3.63) is 41.1 Å². The number of ether oxygens (including phenoxy) is 2. The molecule has 0 unspecified atom stereocenters. The lowest BCUT2D eigenvalue weighted by molar-refractivity contribution is -0.163. The van der Waals surface area contributed by atoms with Gasteiger partial charge in [0.25, 0.3) is 0 Å². The van der Waals surface area contributed by atoms with E-state index in [0.29, 0.717) is 5.57 Å². The molecule has 8 heteroatoms. The molecular weight excluding hydrogens is 438 g/mol. The van der Waals surface area contributed by atoms with Crippen LogP contribution in [0.5, 0.6) is 5.75 Å². The lowest BCUT2D eigenvalue weighted by atomic mass is 9.78. The predicted octanol–water partition coefficient (Wildman–Crippen LogP) is 3.87. The minimum atomic E-state index is -1.88. The number of fused-ring (bicyclic) bond motifs is 1. The van der Waals surface area contributed by atoms with Crippen molar-refractivity contribution in [1.29, 1.82) is 0 Å². The first-order valence-corrected chi connectivity index (χ1v) is 14.4. The van der Waals surface area contributed by atoms with Crippen molar-refractivity contribution in [2.75, 3.05) is 13.7 Å². The Morgan fingerprint density at radius 2 is 1.76 bits per heavy atom. The Bertz CT molecular complexity index is 886. The van der Waals surface area contributed by atoms with Crippen LogP contribution in [0.4, 0.5) is 0 Å². The Balaban J connectivity index is 1.73. The fraction of sp³-hybridized carbons (Fsp3) is 0.600. The van der Waals surface area contributed by atoms with Gasteiger partial charge in [0.15, 0.2) is 8.32 Å². The average molecular weight is 476 g/mol. The normalized spacial score (nSPS) is 23.3. The molecule has 2 aliphatic heterocycles. The third-order valence-corrected chi connectivity index (χ3v) is 12.3. The first-order valence-electron chi connectivity index (χ1n) is 11.9. The van der Waals surface area contributed by atoms with Crippen molar-refractivity contribution in [3.63, 3.8) is 0 Å². The van der Waals surface area contributed by atoms with Gasteiger partial charge in [0, 0.05) is 5.92 Å². The molecule has 0 aromatic heterocycles. The van der Waals surface area contributed by atoms with Gasteiger partial charge >= 0.3 is 5.97 Å². The Kier molecular flexibility index (Phi) is 8.03. The van der Waals surface area contributed by atoms with Gasteiger partial charge in [-0.2, -0.15) is 0 Å². The zero-order valence-corrected chi connectivity index (χ0v) is 21.6. The molecule has 0 saturated carbocycles. The summed E-state index contributed by atoms with van der Waals surface area (Å²) in [6.07, 6.45) is -0.220. The Hall–Kier alpha value is -2.16. The van der Waals surface area contributed by atoms with E-state index in [0.717, 1.165) is 29.4 Å². The maximum absolute atomic E-state index is 13.2. The van der Waals surface area contributed by atoms with E-state index in [9.17, 15) is 14.7 Å². The van der Waals surface area contributed by atoms with Gasteiger partial charge in [-0.25, -0.2) is 4.79 Å². The van der Waals surface area contributed by atoms with Crippen molar-refractivity contribution in [3.8, 4) is 5.75 Å². The van der Waals surface area contributed by atoms with Crippen LogP contribution in [0.15, 0.2) is 35.5 Å². The van der Waals surface area contributed by atoms with E-state index in [1.807, 2.05) is 26.0 Å². The predicted molar refractivity (Wildman–Crippen MR) is 128 cm³/mol. The van der Waals surface area contributed by atoms with E-state index < -0.39 is 14.3 Å². The van der Waals surface area contributed by atoms with Crippen molar-refractivity contribution < 1.29 is 28.6 Å². The summed E-state index contributed by atoms with van der Waals surface area (Å²) in [6, 6.07) is 10.1. The monoisotopic (exact) mass is 475 g/mol. The average Bonchev–Trinajstić information content (AvgIpc) is 3.09. The van der Waals surface area contributed by atoms with Gasteiger partial charge in [-0.1, -0.05) is 39.8 Å². The van der Waals surface area contributed by atoms with E-state index >= 15 is 0 Å². The number of hydrogen-bond donors (Lipinski definition) is 1. The maximum Gasteiger partial charge on any atom is 0.355 e. The molecule has 1 fully saturated rings. The number of benzene rings is 1. The standard InChI is InChI=1S/C25H37NO6Si/c1-7-33(8-2,9-3)32-17(5)21-22-16(4)20(14-27)23(26(22)24(21)28)25(29)31-15-18-10-12-19(30-6)13-11-18/h10-13,16-17,21-22,27H,7-9,14-15H2,1-6H3/t16-,17+,21+,22+/m0/s1. The van der Waals surface area contributed by atoms with Crippen LogP contribution in [0.1, 0.15) is 40.2 Å². The number of rotatable bonds is 11. The number of esters is 1. The lowest BCUT2D eigenvalue weighted by Gasteiger charge is -2.49. The van der Waals surface area contributed by atoms with Crippen LogP contribution >= 0.6 is 0 Å². The fourth-order valence-corrected chi connectivity index (χ4v) is 8.17. The van der Waals surface area contributed by atoms with Crippen LogP contribution in [-0.2, 0) is 25.4 Å². The second-order valence-electron chi connectivity index (χ2n) is 9.04. The highest BCUT2D eigenvalue weighted by atomic mass is 28.4. The van der Waals surface area contributed by atoms with Crippen LogP contribution < -0.4 is 4.74 Å². The highest BCUT2D eigenvalue weighted by Gasteiger charge is 2.60. The lowest BCUT2D eigenvalue weighted by Crippen LogP contribution is -2.65. The third kappa shape index (κ3) is 4.61. The number of carbonyl (C=O) groups excluding carboxylic acids is 2. The number of methoxy groups -OCH3 is 1. The molecule has 2 aliphatic rings. The zero-order chi connectivity index (χ0) is 24.3. The summed E-state index contributed by atoms with van der Waals surface area (Å²) in [7, 11) is -0.286. The highest BCUT2D eigenvalue weighted by molar-refractivity contribution is 6.73. The fourth-order valence-electron chi connectivity index (χ4n) is 5.24. The molecule has 0 spiro atoms. The summed E-state index contributed by atoms with van der Waals surface area (Å²) in [4.78, 5) is 27.8. The molecule has 2 heterocycles. The quantitative estimate of drug-likeness (QED) is 0.297. The summed E-state index contributed by atoms with van der Waals surface area (Å²) in [5.41, 5.74) is 1.57. The second kappa shape index (κ2) is 10.4. The Morgan fingerprint density at radius 3 is 2.27 bits per heavy atom. The van der Waals surface area contributed by atoms with Gasteiger partial charge < -0.3 is 23.9 Å². The molecule has 3 rings (SSSR count). The topological polar surface area (TPSA) is 85.3 Å². The number of aliphatic hydroxyl groups is 1. The molecule has 1 N–H and O–H groups in total. The minimum absolute atomic E-state index is 0.0761. The summed E-state index contributed by atoms with van der Waals surface area (Å²) >= 11 is 0. The number of amides is 1. The molecule has 33 heavy (non-hydrogen) atoms. The van der Waals surface area contributed by atoms with Gasteiger partial charge in [0.1, 0.15) is 18.1 Å². The van der Waals surface area contributed by atoms with Gasteiger partial charge in [0.05, 0.1) is 31.8 Å². The number of aliphatic hydroxyl groups excluding tert-OH is 1. The van der Waals surface area contributed by atoms with Crippen molar-refractivity contribution in [1.82, 2.24) is 4.90 Å². The molecule has 7 nitrogen and oxygen atoms in total. The summed E-state index contributed by atoms with van der Waals surface area (Å²) in [6.45, 7) is 10.2. The first-order chi connectivity index (χ1) is 15.8. The molecular formula is C25H37NO6Si. The molecule has 4 atom stereocenters. The number of β-lactam (4-membered cyclic amide) rings is 1. The van der Waals surface area contributed by atoms with E-state index in [4.69, 9.17) is 13.9 Å². The number of nitrogens with zero attached hydrogens (tertiary/aromatic N) is 1. The SMILES string of the molecule is CC[Si](CC)(CC)O[C@H](C)[C@H]1C(=O)N2C(C(=O)OCc3ccc(OC)cc3)=C(CO)[C@H](C)[C@H]12. The summed E-state index contributed by atoms with van der Waals surface area (Å²) < 4.78 is 17.3. The Morgan fingerprint density at radius 1 is 1.15 bits per heavy atom. The molecule has 1 saturated heterocycles. The van der Waals surface area contributed by atoms with Crippen molar-refractivity contribution in [2.24, 2.45) is 11.8 Å². The Labute approximate surface area is 197 Å². The second-order valence-corrected chi connectivity index (χ2v) is 13.8. The van der Waals surface area contributed by atoms with Crippen LogP contribution in [0.2, 0.25) is 18.1 Å². The van der Waals surface area contributed by atoms with Crippen LogP contribution in [0, 0.1) is 11.8 Å². The van der Waals surface area contributed by atoms with Crippen LogP contribution in [-0.4, -0.2) is 56.1 Å². The maximum atomic E-state index is 13.2. The molecule has 0 bridgehead atoms. The van der Waals surface area contributed by atoms with Crippen molar-refractivity contribution >= 4 is 20.2 Å². The first kappa shape index (κ1) is 25.5. The molecule has 1 aromatic rings. The van der Waals surface area contributed by atoms with E-state index in [1.54, 1.807) is 19.2 Å². The molecule has 182 valence electrons. The largest absolute Gasteiger partial charge is 0.497 e. The van der Waals surface area contributed by atoms with Gasteiger partial charge in [0.2, 0.25) is 5.91 Å². The highest BCUT2D eigenvalue weighted by Crippen LogP contribution is 2.48. The summed E-state index contributed by atoms with van der Waals surface area (Å²) in [5.74, 6) is -0.426. The smallest absolute Gasteiger partial charge is 0.355 e. The van der Waals surface area contributed by atoms with E-state index in [2.05, 4.69) is 20.8 Å². The number of carbonyl (C=O) groups is 2. The van der Waals surface area contributed by atoms with Crippen LogP contribution in [0.25, 0.3) is 0 Å².